The molecule has 1 aliphatic rings. The van der Waals surface area contributed by atoms with Crippen molar-refractivity contribution in [1.29, 1.82) is 0 Å². The van der Waals surface area contributed by atoms with Crippen LogP contribution in [0.1, 0.15) is 24.4 Å². The zero-order valence-electron chi connectivity index (χ0n) is 9.94. The Hall–Kier alpha value is -1.62. The summed E-state index contributed by atoms with van der Waals surface area (Å²) in [6.07, 6.45) is 3.92. The molecule has 0 unspecified atom stereocenters. The molecule has 0 saturated carbocycles. The van der Waals surface area contributed by atoms with Gasteiger partial charge in [0, 0.05) is 25.9 Å². The number of halogens is 1. The van der Waals surface area contributed by atoms with E-state index in [2.05, 4.69) is 4.98 Å². The van der Waals surface area contributed by atoms with E-state index in [1.807, 2.05) is 0 Å². The van der Waals surface area contributed by atoms with Gasteiger partial charge in [0.1, 0.15) is 0 Å². The van der Waals surface area contributed by atoms with Gasteiger partial charge in [-0.05, 0) is 24.1 Å². The Bertz CT molecular complexity index is 438. The van der Waals surface area contributed by atoms with Crippen LogP contribution in [0.2, 0.25) is 0 Å². The van der Waals surface area contributed by atoms with E-state index in [9.17, 15) is 14.7 Å². The normalized spacial score (nSPS) is 23.4. The number of piperidine rings is 1. The van der Waals surface area contributed by atoms with Crippen molar-refractivity contribution < 1.29 is 14.7 Å². The smallest absolute Gasteiger partial charge is 0.308 e. The maximum atomic E-state index is 11.7. The highest BCUT2D eigenvalue weighted by Crippen LogP contribution is 2.35. The van der Waals surface area contributed by atoms with E-state index in [1.54, 1.807) is 31.6 Å². The minimum atomic E-state index is -0.855. The van der Waals surface area contributed by atoms with E-state index in [0.717, 1.165) is 5.56 Å². The van der Waals surface area contributed by atoms with Gasteiger partial charge in [0.05, 0.1) is 12.0 Å². The van der Waals surface area contributed by atoms with Gasteiger partial charge in [-0.1, -0.05) is 0 Å². The monoisotopic (exact) mass is 270 g/mol. The lowest BCUT2D eigenvalue weighted by atomic mass is 9.85. The summed E-state index contributed by atoms with van der Waals surface area (Å²) in [7, 11) is 1.66. The number of carbonyl (C=O) groups is 2. The molecule has 1 aromatic heterocycles. The van der Waals surface area contributed by atoms with Gasteiger partial charge in [-0.2, -0.15) is 0 Å². The second-order valence-electron chi connectivity index (χ2n) is 4.21. The van der Waals surface area contributed by atoms with Gasteiger partial charge in [0.15, 0.2) is 0 Å². The summed E-state index contributed by atoms with van der Waals surface area (Å²) in [5.74, 6) is -1.41. The third-order valence-electron chi connectivity index (χ3n) is 3.23. The molecular formula is C12H15ClN2O3. The van der Waals surface area contributed by atoms with Crippen LogP contribution >= 0.6 is 12.4 Å². The predicted octanol–water partition coefficient (Wildman–Crippen LogP) is 1.50. The molecule has 0 spiro atoms. The van der Waals surface area contributed by atoms with Crippen LogP contribution in [0, 0.1) is 5.92 Å². The van der Waals surface area contributed by atoms with Crippen molar-refractivity contribution in [3.63, 3.8) is 0 Å². The molecule has 6 heteroatoms. The van der Waals surface area contributed by atoms with Crippen LogP contribution in [0.3, 0.4) is 0 Å². The number of hydrogen-bond donors (Lipinski definition) is 1. The first-order chi connectivity index (χ1) is 8.11. The fraction of sp³-hybridized carbons (Fsp3) is 0.417. The van der Waals surface area contributed by atoms with Gasteiger partial charge in [-0.25, -0.2) is 0 Å². The molecule has 0 bridgehead atoms. The molecule has 1 N–H and O–H groups in total. The van der Waals surface area contributed by atoms with E-state index in [1.165, 1.54) is 4.90 Å². The van der Waals surface area contributed by atoms with Crippen LogP contribution in [0.25, 0.3) is 0 Å². The maximum Gasteiger partial charge on any atom is 0.308 e. The van der Waals surface area contributed by atoms with Crippen molar-refractivity contribution in [2.45, 2.75) is 18.9 Å². The lowest BCUT2D eigenvalue weighted by Gasteiger charge is -2.37. The number of carboxylic acid groups (broad SMARTS) is 1. The first-order valence-electron chi connectivity index (χ1n) is 5.49. The minimum absolute atomic E-state index is 0. The molecule has 1 saturated heterocycles. The highest BCUT2D eigenvalue weighted by atomic mass is 35.5. The second kappa shape index (κ2) is 5.82. The number of pyridine rings is 1. The van der Waals surface area contributed by atoms with Gasteiger partial charge in [-0.3, -0.25) is 14.6 Å². The fourth-order valence-corrected chi connectivity index (χ4v) is 2.31. The van der Waals surface area contributed by atoms with Crippen LogP contribution in [0.5, 0.6) is 0 Å². The number of carboxylic acids is 1. The Morgan fingerprint density at radius 1 is 1.44 bits per heavy atom. The summed E-state index contributed by atoms with van der Waals surface area (Å²) in [6.45, 7) is 0. The van der Waals surface area contributed by atoms with Gasteiger partial charge < -0.3 is 10.0 Å². The third-order valence-corrected chi connectivity index (χ3v) is 3.23. The van der Waals surface area contributed by atoms with Crippen LogP contribution in [-0.4, -0.2) is 33.9 Å². The molecule has 0 aromatic carbocycles. The molecule has 2 rings (SSSR count). The van der Waals surface area contributed by atoms with Crippen molar-refractivity contribution in [2.75, 3.05) is 7.05 Å². The zero-order chi connectivity index (χ0) is 12.4. The van der Waals surface area contributed by atoms with E-state index in [-0.39, 0.29) is 18.3 Å². The topological polar surface area (TPSA) is 70.5 Å². The summed E-state index contributed by atoms with van der Waals surface area (Å²) < 4.78 is 0. The van der Waals surface area contributed by atoms with Gasteiger partial charge in [0.2, 0.25) is 5.91 Å². The molecule has 0 aliphatic carbocycles. The number of likely N-dealkylation sites (tertiary alicyclic amines) is 1. The summed E-state index contributed by atoms with van der Waals surface area (Å²) in [4.78, 5) is 28.3. The number of hydrogen-bond acceptors (Lipinski definition) is 3. The first-order valence-corrected chi connectivity index (χ1v) is 5.49. The van der Waals surface area contributed by atoms with Crippen LogP contribution in [0.15, 0.2) is 24.5 Å². The van der Waals surface area contributed by atoms with E-state index < -0.39 is 17.9 Å². The highest BCUT2D eigenvalue weighted by Gasteiger charge is 2.38. The van der Waals surface area contributed by atoms with E-state index in [4.69, 9.17) is 0 Å². The van der Waals surface area contributed by atoms with Crippen molar-refractivity contribution >= 4 is 24.3 Å². The minimum Gasteiger partial charge on any atom is -0.481 e. The summed E-state index contributed by atoms with van der Waals surface area (Å²) in [5, 5.41) is 9.22. The number of amides is 1. The van der Waals surface area contributed by atoms with Gasteiger partial charge in [-0.15, -0.1) is 12.4 Å². The molecule has 98 valence electrons. The number of aliphatic carboxylic acids is 1. The number of rotatable bonds is 2. The van der Waals surface area contributed by atoms with E-state index in [0.29, 0.717) is 12.8 Å². The molecule has 1 aliphatic heterocycles. The quantitative estimate of drug-likeness (QED) is 0.884. The van der Waals surface area contributed by atoms with Gasteiger partial charge >= 0.3 is 5.97 Å². The summed E-state index contributed by atoms with van der Waals surface area (Å²) in [6, 6.07) is 3.13. The lowest BCUT2D eigenvalue weighted by molar-refractivity contribution is -0.150. The van der Waals surface area contributed by atoms with E-state index >= 15 is 0 Å². The molecule has 1 amide bonds. The average molecular weight is 271 g/mol. The predicted molar refractivity (Wildman–Crippen MR) is 67.4 cm³/mol. The zero-order valence-corrected chi connectivity index (χ0v) is 10.8. The lowest BCUT2D eigenvalue weighted by Crippen LogP contribution is -2.42. The SMILES string of the molecule is CN1C(=O)CC[C@H](C(=O)O)[C@H]1c1ccncc1.Cl. The Morgan fingerprint density at radius 3 is 2.61 bits per heavy atom. The first kappa shape index (κ1) is 14.4. The van der Waals surface area contributed by atoms with Crippen LogP contribution in [0.4, 0.5) is 0 Å². The Kier molecular flexibility index (Phi) is 4.67. The van der Waals surface area contributed by atoms with Crippen molar-refractivity contribution in [2.24, 2.45) is 5.92 Å². The Morgan fingerprint density at radius 2 is 2.06 bits per heavy atom. The number of nitrogens with zero attached hydrogens (tertiary/aromatic N) is 2. The Balaban J connectivity index is 0.00000162. The molecule has 2 atom stereocenters. The molecule has 1 aromatic rings. The molecular weight excluding hydrogens is 256 g/mol. The van der Waals surface area contributed by atoms with Crippen molar-refractivity contribution in [1.82, 2.24) is 9.88 Å². The highest BCUT2D eigenvalue weighted by molar-refractivity contribution is 5.85. The third kappa shape index (κ3) is 2.61. The summed E-state index contributed by atoms with van der Waals surface area (Å²) >= 11 is 0. The maximum absolute atomic E-state index is 11.7. The number of aromatic nitrogens is 1. The Labute approximate surface area is 111 Å². The average Bonchev–Trinajstić information content (AvgIpc) is 2.33. The molecule has 1 fully saturated rings. The fourth-order valence-electron chi connectivity index (χ4n) is 2.31. The molecule has 2 heterocycles. The second-order valence-corrected chi connectivity index (χ2v) is 4.21. The molecule has 5 nitrogen and oxygen atoms in total. The largest absolute Gasteiger partial charge is 0.481 e. The van der Waals surface area contributed by atoms with Gasteiger partial charge in [0.25, 0.3) is 0 Å². The number of carbonyl (C=O) groups excluding carboxylic acids is 1. The van der Waals surface area contributed by atoms with Crippen molar-refractivity contribution in [3.05, 3.63) is 30.1 Å². The summed E-state index contributed by atoms with van der Waals surface area (Å²) in [5.41, 5.74) is 0.822. The van der Waals surface area contributed by atoms with Crippen LogP contribution in [-0.2, 0) is 9.59 Å². The molecule has 0 radical (unpaired) electrons. The van der Waals surface area contributed by atoms with Crippen molar-refractivity contribution in [3.8, 4) is 0 Å². The standard InChI is InChI=1S/C12H14N2O3.ClH/c1-14-10(15)3-2-9(12(16)17)11(14)8-4-6-13-7-5-8;/h4-7,9,11H,2-3H2,1H3,(H,16,17);1H/t9-,11+;/m0./s1. The molecule has 18 heavy (non-hydrogen) atoms. The van der Waals surface area contributed by atoms with Crippen LogP contribution < -0.4 is 0 Å².